The topological polar surface area (TPSA) is 85.7 Å². The molecular formula is C18H20N6OS. The van der Waals surface area contributed by atoms with Gasteiger partial charge in [0, 0.05) is 29.8 Å². The van der Waals surface area contributed by atoms with E-state index < -0.39 is 0 Å². The van der Waals surface area contributed by atoms with Crippen molar-refractivity contribution in [3.05, 3.63) is 52.0 Å². The van der Waals surface area contributed by atoms with Gasteiger partial charge in [0.1, 0.15) is 21.7 Å². The SMILES string of the molecule is Cc1nc(NCc2nnc(C)s2)cc(OC[C@H]2C[C@@H]2c2ccccn2)n1. The van der Waals surface area contributed by atoms with E-state index in [1.165, 1.54) is 0 Å². The van der Waals surface area contributed by atoms with Crippen molar-refractivity contribution in [1.82, 2.24) is 25.1 Å². The van der Waals surface area contributed by atoms with Gasteiger partial charge in [-0.3, -0.25) is 4.98 Å². The summed E-state index contributed by atoms with van der Waals surface area (Å²) >= 11 is 1.57. The number of aryl methyl sites for hydroxylation is 2. The van der Waals surface area contributed by atoms with E-state index in [-0.39, 0.29) is 0 Å². The molecule has 0 unspecified atom stereocenters. The van der Waals surface area contributed by atoms with Crippen LogP contribution in [-0.4, -0.2) is 31.8 Å². The summed E-state index contributed by atoms with van der Waals surface area (Å²) in [5.41, 5.74) is 1.15. The van der Waals surface area contributed by atoms with Crippen LogP contribution in [0, 0.1) is 19.8 Å². The van der Waals surface area contributed by atoms with Crippen molar-refractivity contribution in [1.29, 1.82) is 0 Å². The number of ether oxygens (including phenoxy) is 1. The second-order valence-electron chi connectivity index (χ2n) is 6.37. The molecule has 1 aliphatic rings. The highest BCUT2D eigenvalue weighted by molar-refractivity contribution is 7.11. The van der Waals surface area contributed by atoms with Gasteiger partial charge in [-0.2, -0.15) is 4.98 Å². The largest absolute Gasteiger partial charge is 0.477 e. The summed E-state index contributed by atoms with van der Waals surface area (Å²) in [5.74, 6) is 3.01. The van der Waals surface area contributed by atoms with Crippen molar-refractivity contribution in [3.63, 3.8) is 0 Å². The van der Waals surface area contributed by atoms with Gasteiger partial charge in [-0.25, -0.2) is 4.98 Å². The van der Waals surface area contributed by atoms with Crippen molar-refractivity contribution in [3.8, 4) is 5.88 Å². The zero-order valence-corrected chi connectivity index (χ0v) is 15.5. The fourth-order valence-corrected chi connectivity index (χ4v) is 3.51. The molecule has 0 radical (unpaired) electrons. The first-order valence-corrected chi connectivity index (χ1v) is 9.41. The molecular weight excluding hydrogens is 348 g/mol. The Hall–Kier alpha value is -2.61. The maximum Gasteiger partial charge on any atom is 0.218 e. The van der Waals surface area contributed by atoms with Gasteiger partial charge in [-0.1, -0.05) is 17.4 Å². The predicted molar refractivity (Wildman–Crippen MR) is 99.3 cm³/mol. The van der Waals surface area contributed by atoms with E-state index >= 15 is 0 Å². The zero-order chi connectivity index (χ0) is 17.9. The highest BCUT2D eigenvalue weighted by atomic mass is 32.1. The number of nitrogens with zero attached hydrogens (tertiary/aromatic N) is 5. The van der Waals surface area contributed by atoms with Crippen LogP contribution in [0.25, 0.3) is 0 Å². The minimum atomic E-state index is 0.498. The van der Waals surface area contributed by atoms with Crippen LogP contribution in [0.5, 0.6) is 5.88 Å². The van der Waals surface area contributed by atoms with Crippen LogP contribution in [0.15, 0.2) is 30.5 Å². The average Bonchev–Trinajstić information content (AvgIpc) is 3.31. The van der Waals surface area contributed by atoms with E-state index in [1.807, 2.05) is 38.2 Å². The Balaban J connectivity index is 1.33. The fourth-order valence-electron chi connectivity index (χ4n) is 2.86. The average molecular weight is 368 g/mol. The molecule has 26 heavy (non-hydrogen) atoms. The molecule has 8 heteroatoms. The minimum absolute atomic E-state index is 0.498. The Bertz CT molecular complexity index is 884. The molecule has 0 bridgehead atoms. The Kier molecular flexibility index (Phi) is 4.75. The molecule has 0 aromatic carbocycles. The van der Waals surface area contributed by atoms with Gasteiger partial charge in [0.05, 0.1) is 13.2 Å². The molecule has 0 amide bonds. The number of hydrogen-bond acceptors (Lipinski definition) is 8. The van der Waals surface area contributed by atoms with Gasteiger partial charge >= 0.3 is 0 Å². The lowest BCUT2D eigenvalue weighted by Gasteiger charge is -2.09. The molecule has 2 atom stereocenters. The summed E-state index contributed by atoms with van der Waals surface area (Å²) in [4.78, 5) is 13.2. The first-order valence-electron chi connectivity index (χ1n) is 8.59. The molecule has 1 aliphatic carbocycles. The molecule has 4 rings (SSSR count). The minimum Gasteiger partial charge on any atom is -0.477 e. The highest BCUT2D eigenvalue weighted by Crippen LogP contribution is 2.46. The van der Waals surface area contributed by atoms with Crippen LogP contribution >= 0.6 is 11.3 Å². The van der Waals surface area contributed by atoms with Crippen LogP contribution < -0.4 is 10.1 Å². The zero-order valence-electron chi connectivity index (χ0n) is 14.7. The van der Waals surface area contributed by atoms with Crippen molar-refractivity contribution < 1.29 is 4.74 Å². The third kappa shape index (κ3) is 4.13. The Labute approximate surface area is 155 Å². The van der Waals surface area contributed by atoms with Gasteiger partial charge < -0.3 is 10.1 Å². The smallest absolute Gasteiger partial charge is 0.218 e. The van der Waals surface area contributed by atoms with Crippen LogP contribution in [0.3, 0.4) is 0 Å². The summed E-state index contributed by atoms with van der Waals surface area (Å²) in [6, 6.07) is 7.89. The maximum atomic E-state index is 5.92. The van der Waals surface area contributed by atoms with Gasteiger partial charge in [0.15, 0.2) is 0 Å². The van der Waals surface area contributed by atoms with Crippen molar-refractivity contribution in [2.75, 3.05) is 11.9 Å². The third-order valence-corrected chi connectivity index (χ3v) is 5.08. The molecule has 0 aliphatic heterocycles. The van der Waals surface area contributed by atoms with E-state index in [0.717, 1.165) is 27.9 Å². The molecule has 1 saturated carbocycles. The lowest BCUT2D eigenvalue weighted by atomic mass is 10.2. The van der Waals surface area contributed by atoms with Gasteiger partial charge in [-0.15, -0.1) is 10.2 Å². The third-order valence-electron chi connectivity index (χ3n) is 4.24. The maximum absolute atomic E-state index is 5.92. The Morgan fingerprint density at radius 3 is 2.92 bits per heavy atom. The summed E-state index contributed by atoms with van der Waals surface area (Å²) in [6.45, 7) is 5.04. The number of aromatic nitrogens is 5. The van der Waals surface area contributed by atoms with Gasteiger partial charge in [-0.05, 0) is 32.4 Å². The number of anilines is 1. The van der Waals surface area contributed by atoms with Crippen molar-refractivity contribution >= 4 is 17.2 Å². The van der Waals surface area contributed by atoms with Crippen molar-refractivity contribution in [2.24, 2.45) is 5.92 Å². The number of hydrogen-bond donors (Lipinski definition) is 1. The fraction of sp³-hybridized carbons (Fsp3) is 0.389. The molecule has 3 aromatic heterocycles. The van der Waals surface area contributed by atoms with E-state index in [1.54, 1.807) is 11.3 Å². The van der Waals surface area contributed by atoms with Crippen LogP contribution in [-0.2, 0) is 6.54 Å². The Morgan fingerprint density at radius 2 is 2.15 bits per heavy atom. The number of nitrogens with one attached hydrogen (secondary N) is 1. The molecule has 1 N–H and O–H groups in total. The molecule has 0 spiro atoms. The van der Waals surface area contributed by atoms with E-state index in [0.29, 0.717) is 36.7 Å². The van der Waals surface area contributed by atoms with Gasteiger partial charge in [0.25, 0.3) is 0 Å². The summed E-state index contributed by atoms with van der Waals surface area (Å²) in [6.07, 6.45) is 2.96. The molecule has 7 nitrogen and oxygen atoms in total. The Morgan fingerprint density at radius 1 is 1.23 bits per heavy atom. The lowest BCUT2D eigenvalue weighted by molar-refractivity contribution is 0.284. The molecule has 3 aromatic rings. The second-order valence-corrected chi connectivity index (χ2v) is 7.64. The first-order chi connectivity index (χ1) is 12.7. The predicted octanol–water partition coefficient (Wildman–Crippen LogP) is 3.13. The van der Waals surface area contributed by atoms with E-state index in [4.69, 9.17) is 4.74 Å². The molecule has 0 saturated heterocycles. The second kappa shape index (κ2) is 7.33. The van der Waals surface area contributed by atoms with Crippen LogP contribution in [0.1, 0.15) is 33.9 Å². The van der Waals surface area contributed by atoms with Crippen LogP contribution in [0.4, 0.5) is 5.82 Å². The first kappa shape index (κ1) is 16.8. The standard InChI is InChI=1S/C18H20N6OS/c1-11-21-16(20-9-18-24-23-12(2)26-18)8-17(22-11)25-10-13-7-14(13)15-5-3-4-6-19-15/h3-6,8,13-14H,7,9-10H2,1-2H3,(H,20,21,22)/t13-,14+/m1/s1. The summed E-state index contributed by atoms with van der Waals surface area (Å²) < 4.78 is 5.92. The lowest BCUT2D eigenvalue weighted by Crippen LogP contribution is -2.07. The number of rotatable bonds is 7. The highest BCUT2D eigenvalue weighted by Gasteiger charge is 2.39. The van der Waals surface area contributed by atoms with Crippen molar-refractivity contribution in [2.45, 2.75) is 32.7 Å². The summed E-state index contributed by atoms with van der Waals surface area (Å²) in [7, 11) is 0. The van der Waals surface area contributed by atoms with Gasteiger partial charge in [0.2, 0.25) is 5.88 Å². The summed E-state index contributed by atoms with van der Waals surface area (Å²) in [5, 5.41) is 13.3. The molecule has 134 valence electrons. The van der Waals surface area contributed by atoms with E-state index in [9.17, 15) is 0 Å². The number of pyridine rings is 1. The molecule has 1 fully saturated rings. The van der Waals surface area contributed by atoms with Crippen LogP contribution in [0.2, 0.25) is 0 Å². The van der Waals surface area contributed by atoms with E-state index in [2.05, 4.69) is 36.5 Å². The molecule has 3 heterocycles. The monoisotopic (exact) mass is 368 g/mol. The quantitative estimate of drug-likeness (QED) is 0.685. The normalized spacial score (nSPS) is 18.5.